The summed E-state index contributed by atoms with van der Waals surface area (Å²) in [6.07, 6.45) is 0.861. The van der Waals surface area contributed by atoms with Crippen molar-refractivity contribution < 1.29 is 9.52 Å². The quantitative estimate of drug-likeness (QED) is 0.677. The van der Waals surface area contributed by atoms with Crippen LogP contribution in [-0.2, 0) is 12.0 Å². The zero-order valence-electron chi connectivity index (χ0n) is 8.00. The van der Waals surface area contributed by atoms with Crippen molar-refractivity contribution in [2.75, 3.05) is 6.54 Å². The minimum Gasteiger partial charge on any atom is -0.463 e. The van der Waals surface area contributed by atoms with E-state index in [-0.39, 0.29) is 12.5 Å². The van der Waals surface area contributed by atoms with Gasteiger partial charge in [0.1, 0.15) is 17.1 Å². The van der Waals surface area contributed by atoms with E-state index < -0.39 is 5.60 Å². The van der Waals surface area contributed by atoms with Crippen LogP contribution in [-0.4, -0.2) is 11.7 Å². The molecule has 2 unspecified atom stereocenters. The SMILES string of the molecule is Cc1cc2c(o1)C(O)(CN)C(C)C2. The second-order valence-corrected chi connectivity index (χ2v) is 3.94. The Morgan fingerprint density at radius 3 is 3.08 bits per heavy atom. The van der Waals surface area contributed by atoms with Crippen LogP contribution in [0.25, 0.3) is 0 Å². The number of nitrogens with two attached hydrogens (primary N) is 1. The predicted molar refractivity (Wildman–Crippen MR) is 49.3 cm³/mol. The maximum atomic E-state index is 10.2. The molecule has 0 radical (unpaired) electrons. The molecule has 1 aromatic heterocycles. The summed E-state index contributed by atoms with van der Waals surface area (Å²) in [5.41, 5.74) is 5.74. The molecule has 13 heavy (non-hydrogen) atoms. The highest BCUT2D eigenvalue weighted by Crippen LogP contribution is 2.41. The van der Waals surface area contributed by atoms with E-state index in [4.69, 9.17) is 10.2 Å². The highest BCUT2D eigenvalue weighted by Gasteiger charge is 2.45. The van der Waals surface area contributed by atoms with Crippen LogP contribution in [0.2, 0.25) is 0 Å². The number of furan rings is 1. The van der Waals surface area contributed by atoms with Crippen LogP contribution >= 0.6 is 0 Å². The standard InChI is InChI=1S/C10H15NO2/c1-6-3-8-4-7(2)13-9(8)10(6,12)5-11/h4,6,12H,3,5,11H2,1-2H3. The molecular formula is C10H15NO2. The van der Waals surface area contributed by atoms with Crippen molar-refractivity contribution in [2.45, 2.75) is 25.9 Å². The van der Waals surface area contributed by atoms with Gasteiger partial charge in [0.15, 0.2) is 0 Å². The average molecular weight is 181 g/mol. The van der Waals surface area contributed by atoms with E-state index >= 15 is 0 Å². The molecule has 0 amide bonds. The molecule has 0 saturated carbocycles. The molecule has 72 valence electrons. The minimum atomic E-state index is -0.941. The van der Waals surface area contributed by atoms with Gasteiger partial charge in [-0.2, -0.15) is 0 Å². The summed E-state index contributed by atoms with van der Waals surface area (Å²) in [6.45, 7) is 4.12. The Bertz CT molecular complexity index is 332. The number of fused-ring (bicyclic) bond motifs is 1. The Labute approximate surface area is 77.5 Å². The van der Waals surface area contributed by atoms with Crippen molar-refractivity contribution in [3.63, 3.8) is 0 Å². The highest BCUT2D eigenvalue weighted by atomic mass is 16.4. The molecule has 3 nitrogen and oxygen atoms in total. The van der Waals surface area contributed by atoms with Crippen LogP contribution in [0.5, 0.6) is 0 Å². The molecule has 3 N–H and O–H groups in total. The lowest BCUT2D eigenvalue weighted by Crippen LogP contribution is -2.37. The van der Waals surface area contributed by atoms with Gasteiger partial charge >= 0.3 is 0 Å². The summed E-state index contributed by atoms with van der Waals surface area (Å²) in [4.78, 5) is 0. The fourth-order valence-corrected chi connectivity index (χ4v) is 2.10. The van der Waals surface area contributed by atoms with Gasteiger partial charge in [0.25, 0.3) is 0 Å². The van der Waals surface area contributed by atoms with E-state index in [0.29, 0.717) is 5.76 Å². The Balaban J connectivity index is 2.50. The van der Waals surface area contributed by atoms with Crippen LogP contribution in [0.15, 0.2) is 10.5 Å². The molecule has 1 heterocycles. The fraction of sp³-hybridized carbons (Fsp3) is 0.600. The molecule has 0 bridgehead atoms. The van der Waals surface area contributed by atoms with Gasteiger partial charge in [-0.05, 0) is 30.9 Å². The summed E-state index contributed by atoms with van der Waals surface area (Å²) in [6, 6.07) is 1.99. The van der Waals surface area contributed by atoms with Crippen molar-refractivity contribution in [3.05, 3.63) is 23.2 Å². The largest absolute Gasteiger partial charge is 0.463 e. The summed E-state index contributed by atoms with van der Waals surface area (Å²) in [7, 11) is 0. The van der Waals surface area contributed by atoms with Crippen molar-refractivity contribution in [2.24, 2.45) is 11.7 Å². The van der Waals surface area contributed by atoms with Crippen molar-refractivity contribution in [1.82, 2.24) is 0 Å². The molecule has 1 aromatic rings. The van der Waals surface area contributed by atoms with Crippen molar-refractivity contribution in [3.8, 4) is 0 Å². The molecule has 1 aliphatic carbocycles. The molecule has 0 fully saturated rings. The van der Waals surface area contributed by atoms with Gasteiger partial charge in [-0.1, -0.05) is 6.92 Å². The van der Waals surface area contributed by atoms with Gasteiger partial charge in [-0.25, -0.2) is 0 Å². The highest BCUT2D eigenvalue weighted by molar-refractivity contribution is 5.33. The summed E-state index contributed by atoms with van der Waals surface area (Å²) in [5.74, 6) is 1.69. The Morgan fingerprint density at radius 2 is 2.46 bits per heavy atom. The summed E-state index contributed by atoms with van der Waals surface area (Å²) >= 11 is 0. The average Bonchev–Trinajstić information content (AvgIpc) is 2.53. The molecule has 0 saturated heterocycles. The van der Waals surface area contributed by atoms with Crippen molar-refractivity contribution in [1.29, 1.82) is 0 Å². The second kappa shape index (κ2) is 2.59. The van der Waals surface area contributed by atoms with Gasteiger partial charge in [0, 0.05) is 6.54 Å². The first-order valence-electron chi connectivity index (χ1n) is 4.60. The lowest BCUT2D eigenvalue weighted by atomic mass is 9.92. The van der Waals surface area contributed by atoms with Gasteiger partial charge in [0.2, 0.25) is 0 Å². The number of aliphatic hydroxyl groups is 1. The smallest absolute Gasteiger partial charge is 0.140 e. The number of rotatable bonds is 1. The molecule has 0 aliphatic heterocycles. The molecule has 1 aliphatic rings. The molecule has 3 heteroatoms. The third-order valence-corrected chi connectivity index (χ3v) is 2.98. The zero-order chi connectivity index (χ0) is 9.64. The maximum absolute atomic E-state index is 10.2. The van der Waals surface area contributed by atoms with E-state index in [1.165, 1.54) is 0 Å². The van der Waals surface area contributed by atoms with Crippen LogP contribution in [0.1, 0.15) is 24.0 Å². The first-order chi connectivity index (χ1) is 6.08. The van der Waals surface area contributed by atoms with Crippen LogP contribution < -0.4 is 5.73 Å². The monoisotopic (exact) mass is 181 g/mol. The van der Waals surface area contributed by atoms with E-state index in [0.717, 1.165) is 17.7 Å². The topological polar surface area (TPSA) is 59.4 Å². The molecule has 2 atom stereocenters. The maximum Gasteiger partial charge on any atom is 0.140 e. The number of hydrogen-bond acceptors (Lipinski definition) is 3. The lowest BCUT2D eigenvalue weighted by molar-refractivity contribution is -0.0139. The Hall–Kier alpha value is -0.800. The van der Waals surface area contributed by atoms with Crippen molar-refractivity contribution >= 4 is 0 Å². The summed E-state index contributed by atoms with van der Waals surface area (Å²) < 4.78 is 5.47. The van der Waals surface area contributed by atoms with Crippen LogP contribution in [0.4, 0.5) is 0 Å². The van der Waals surface area contributed by atoms with Gasteiger partial charge < -0.3 is 15.3 Å². The predicted octanol–water partition coefficient (Wildman–Crippen LogP) is 0.927. The second-order valence-electron chi connectivity index (χ2n) is 3.94. The fourth-order valence-electron chi connectivity index (χ4n) is 2.10. The summed E-state index contributed by atoms with van der Waals surface area (Å²) in [5, 5.41) is 10.2. The van der Waals surface area contributed by atoms with Crippen LogP contribution in [0.3, 0.4) is 0 Å². The molecule has 0 aromatic carbocycles. The van der Waals surface area contributed by atoms with E-state index in [1.807, 2.05) is 19.9 Å². The molecular weight excluding hydrogens is 166 g/mol. The van der Waals surface area contributed by atoms with Gasteiger partial charge in [0.05, 0.1) is 0 Å². The van der Waals surface area contributed by atoms with Gasteiger partial charge in [-0.3, -0.25) is 0 Å². The van der Waals surface area contributed by atoms with E-state index in [9.17, 15) is 5.11 Å². The number of hydrogen-bond donors (Lipinski definition) is 2. The molecule has 2 rings (SSSR count). The lowest BCUT2D eigenvalue weighted by Gasteiger charge is -2.24. The van der Waals surface area contributed by atoms with E-state index in [2.05, 4.69) is 0 Å². The zero-order valence-corrected chi connectivity index (χ0v) is 8.00. The number of aryl methyl sites for hydroxylation is 1. The third kappa shape index (κ3) is 1.04. The first-order valence-corrected chi connectivity index (χ1v) is 4.60. The molecule has 0 spiro atoms. The van der Waals surface area contributed by atoms with E-state index in [1.54, 1.807) is 0 Å². The first kappa shape index (κ1) is 8.78. The van der Waals surface area contributed by atoms with Crippen LogP contribution in [0, 0.1) is 12.8 Å². The van der Waals surface area contributed by atoms with Gasteiger partial charge in [-0.15, -0.1) is 0 Å². The minimum absolute atomic E-state index is 0.159. The Kier molecular flexibility index (Phi) is 1.75. The Morgan fingerprint density at radius 1 is 1.77 bits per heavy atom. The normalized spacial score (nSPS) is 32.2. The third-order valence-electron chi connectivity index (χ3n) is 2.98.